The molecule has 0 aliphatic carbocycles. The number of aliphatic hydroxyl groups excluding tert-OH is 4. The van der Waals surface area contributed by atoms with E-state index in [4.69, 9.17) is 18.9 Å². The first-order valence-corrected chi connectivity index (χ1v) is 20.9. The minimum Gasteiger partial charge on any atom is -0.462 e. The lowest BCUT2D eigenvalue weighted by atomic mass is 9.99. The third kappa shape index (κ3) is 27.3. The van der Waals surface area contributed by atoms with Crippen LogP contribution in [0, 0.1) is 0 Å². The summed E-state index contributed by atoms with van der Waals surface area (Å²) in [5, 5.41) is 40.0. The van der Waals surface area contributed by atoms with E-state index in [9.17, 15) is 30.0 Å². The molecular weight excluding hydrogens is 712 g/mol. The van der Waals surface area contributed by atoms with Gasteiger partial charge in [-0.3, -0.25) is 9.59 Å². The maximum Gasteiger partial charge on any atom is 0.306 e. The van der Waals surface area contributed by atoms with Crippen LogP contribution in [0.5, 0.6) is 0 Å². The Morgan fingerprint density at radius 2 is 1.05 bits per heavy atom. The van der Waals surface area contributed by atoms with Gasteiger partial charge in [0.1, 0.15) is 31.0 Å². The van der Waals surface area contributed by atoms with E-state index < -0.39 is 55.4 Å². The van der Waals surface area contributed by atoms with E-state index in [1.165, 1.54) is 19.3 Å². The average Bonchev–Trinajstić information content (AvgIpc) is 3.19. The van der Waals surface area contributed by atoms with Crippen LogP contribution in [0.25, 0.3) is 0 Å². The van der Waals surface area contributed by atoms with Crippen molar-refractivity contribution in [3.8, 4) is 0 Å². The van der Waals surface area contributed by atoms with Gasteiger partial charge < -0.3 is 39.4 Å². The van der Waals surface area contributed by atoms with Crippen molar-refractivity contribution in [2.45, 2.75) is 160 Å². The Kier molecular flexibility index (Phi) is 32.5. The average molecular weight is 785 g/mol. The zero-order valence-corrected chi connectivity index (χ0v) is 34.1. The van der Waals surface area contributed by atoms with Gasteiger partial charge in [0.25, 0.3) is 0 Å². The highest BCUT2D eigenvalue weighted by Crippen LogP contribution is 2.22. The lowest BCUT2D eigenvalue weighted by molar-refractivity contribution is -0.305. The van der Waals surface area contributed by atoms with Crippen molar-refractivity contribution in [1.82, 2.24) is 0 Å². The highest BCUT2D eigenvalue weighted by Gasteiger charge is 2.44. The first-order valence-electron chi connectivity index (χ1n) is 20.9. The van der Waals surface area contributed by atoms with Gasteiger partial charge in [-0.2, -0.15) is 0 Å². The molecule has 1 saturated heterocycles. The van der Waals surface area contributed by atoms with Crippen molar-refractivity contribution in [3.05, 3.63) is 97.2 Å². The summed E-state index contributed by atoms with van der Waals surface area (Å²) in [5.74, 6) is -0.892. The molecule has 0 radical (unpaired) electrons. The number of carbonyl (C=O) groups is 2. The van der Waals surface area contributed by atoms with Gasteiger partial charge in [0, 0.05) is 12.8 Å². The second kappa shape index (κ2) is 36.0. The van der Waals surface area contributed by atoms with Crippen LogP contribution >= 0.6 is 0 Å². The first kappa shape index (κ1) is 50.6. The molecule has 1 aliphatic rings. The van der Waals surface area contributed by atoms with Gasteiger partial charge in [-0.25, -0.2) is 0 Å². The van der Waals surface area contributed by atoms with E-state index in [0.717, 1.165) is 64.2 Å². The highest BCUT2D eigenvalue weighted by atomic mass is 16.7. The SMILES string of the molecule is CC/C=C/C=C/C=C/C=C/CCCCCC(=O)OC(COC(=O)CCCCCCC/C=C/C=C/C=C/C=C/CCCCC)CO[C@H]1O[C@@H](CO)[C@@H](O)C(O)C1O. The van der Waals surface area contributed by atoms with E-state index in [2.05, 4.69) is 56.4 Å². The van der Waals surface area contributed by atoms with Crippen molar-refractivity contribution >= 4 is 11.9 Å². The van der Waals surface area contributed by atoms with Gasteiger partial charge in [-0.05, 0) is 57.8 Å². The highest BCUT2D eigenvalue weighted by molar-refractivity contribution is 5.70. The molecule has 0 aromatic carbocycles. The third-order valence-corrected chi connectivity index (χ3v) is 8.89. The third-order valence-electron chi connectivity index (χ3n) is 8.89. The van der Waals surface area contributed by atoms with Crippen molar-refractivity contribution in [2.75, 3.05) is 19.8 Å². The van der Waals surface area contributed by atoms with E-state index in [0.29, 0.717) is 12.8 Å². The second-order valence-corrected chi connectivity index (χ2v) is 13.9. The van der Waals surface area contributed by atoms with Crippen molar-refractivity contribution < 1.29 is 49.0 Å². The fourth-order valence-electron chi connectivity index (χ4n) is 5.56. The molecule has 4 N–H and O–H groups in total. The molecule has 56 heavy (non-hydrogen) atoms. The molecule has 0 bridgehead atoms. The standard InChI is InChI=1S/C46H72O10/c1-3-5-7-9-11-13-15-17-18-19-20-21-23-24-26-28-30-32-34-41(48)53-37-39(38-54-46-45(52)44(51)43(50)40(36-47)56-46)55-42(49)35-33-31-29-27-25-22-16-14-12-10-8-6-4-2/h6,8,10-22,25,39-40,43-47,50-52H,3-5,7,9,23-24,26-38H2,1-2H3/b8-6+,12-10+,13-11+,16-14+,17-15+,19-18+,21-20+,25-22+/t39?,40-,43+,44?,45?,46-/m0/s1. The normalized spacial score (nSPS) is 21.4. The van der Waals surface area contributed by atoms with E-state index in [1.54, 1.807) is 0 Å². The zero-order valence-electron chi connectivity index (χ0n) is 34.1. The number of allylic oxidation sites excluding steroid dienone is 16. The van der Waals surface area contributed by atoms with E-state index in [1.807, 2.05) is 54.7 Å². The van der Waals surface area contributed by atoms with Gasteiger partial charge in [-0.1, -0.05) is 150 Å². The summed E-state index contributed by atoms with van der Waals surface area (Å²) in [6, 6.07) is 0. The molecular formula is C46H72O10. The molecule has 1 rings (SSSR count). The minimum absolute atomic E-state index is 0.172. The molecule has 0 aromatic heterocycles. The largest absolute Gasteiger partial charge is 0.462 e. The van der Waals surface area contributed by atoms with Crippen LogP contribution in [0.2, 0.25) is 0 Å². The number of hydrogen-bond donors (Lipinski definition) is 4. The van der Waals surface area contributed by atoms with Crippen LogP contribution in [-0.2, 0) is 28.5 Å². The summed E-state index contributed by atoms with van der Waals surface area (Å²) < 4.78 is 22.0. The predicted molar refractivity (Wildman–Crippen MR) is 224 cm³/mol. The van der Waals surface area contributed by atoms with E-state index in [-0.39, 0.29) is 26.1 Å². The molecule has 0 spiro atoms. The van der Waals surface area contributed by atoms with Crippen molar-refractivity contribution in [2.24, 2.45) is 0 Å². The molecule has 6 atom stereocenters. The minimum atomic E-state index is -1.61. The Hall–Kier alpha value is -3.38. The maximum absolute atomic E-state index is 12.7. The Morgan fingerprint density at radius 3 is 1.61 bits per heavy atom. The molecule has 10 nitrogen and oxygen atoms in total. The van der Waals surface area contributed by atoms with Crippen LogP contribution in [-0.4, -0.2) is 89.0 Å². The molecule has 0 amide bonds. The number of ether oxygens (including phenoxy) is 4. The lowest BCUT2D eigenvalue weighted by Gasteiger charge is -2.39. The molecule has 1 aliphatic heterocycles. The number of carbonyl (C=O) groups excluding carboxylic acids is 2. The smallest absolute Gasteiger partial charge is 0.306 e. The number of unbranched alkanes of at least 4 members (excludes halogenated alkanes) is 11. The Bertz CT molecular complexity index is 1230. The topological polar surface area (TPSA) is 152 Å². The van der Waals surface area contributed by atoms with Crippen LogP contribution < -0.4 is 0 Å². The second-order valence-electron chi connectivity index (χ2n) is 13.9. The molecule has 10 heteroatoms. The summed E-state index contributed by atoms with van der Waals surface area (Å²) >= 11 is 0. The molecule has 3 unspecified atom stereocenters. The van der Waals surface area contributed by atoms with Crippen molar-refractivity contribution in [1.29, 1.82) is 0 Å². The van der Waals surface area contributed by atoms with Crippen LogP contribution in [0.15, 0.2) is 97.2 Å². The molecule has 0 saturated carbocycles. The predicted octanol–water partition coefficient (Wildman–Crippen LogP) is 8.38. The van der Waals surface area contributed by atoms with Gasteiger partial charge in [-0.15, -0.1) is 0 Å². The monoisotopic (exact) mass is 785 g/mol. The number of aliphatic hydroxyl groups is 4. The Balaban J connectivity index is 2.42. The van der Waals surface area contributed by atoms with Gasteiger partial charge in [0.2, 0.25) is 0 Å². The quantitative estimate of drug-likeness (QED) is 0.0298. The summed E-state index contributed by atoms with van der Waals surface area (Å²) in [4.78, 5) is 25.2. The molecule has 1 fully saturated rings. The summed E-state index contributed by atoms with van der Waals surface area (Å²) in [6.45, 7) is 3.14. The Morgan fingerprint density at radius 1 is 0.571 bits per heavy atom. The number of esters is 2. The number of hydrogen-bond acceptors (Lipinski definition) is 10. The van der Waals surface area contributed by atoms with Crippen LogP contribution in [0.3, 0.4) is 0 Å². The van der Waals surface area contributed by atoms with Crippen LogP contribution in [0.1, 0.15) is 123 Å². The fraction of sp³-hybridized carbons (Fsp3) is 0.609. The molecule has 316 valence electrons. The van der Waals surface area contributed by atoms with Crippen LogP contribution in [0.4, 0.5) is 0 Å². The van der Waals surface area contributed by atoms with Crippen molar-refractivity contribution in [3.63, 3.8) is 0 Å². The Labute approximate surface area is 337 Å². The fourth-order valence-corrected chi connectivity index (χ4v) is 5.56. The van der Waals surface area contributed by atoms with Gasteiger partial charge >= 0.3 is 11.9 Å². The lowest BCUT2D eigenvalue weighted by Crippen LogP contribution is -2.59. The van der Waals surface area contributed by atoms with Gasteiger partial charge in [0.15, 0.2) is 12.4 Å². The van der Waals surface area contributed by atoms with E-state index >= 15 is 0 Å². The summed E-state index contributed by atoms with van der Waals surface area (Å²) in [7, 11) is 0. The zero-order chi connectivity index (χ0) is 40.9. The molecule has 0 aromatic rings. The summed E-state index contributed by atoms with van der Waals surface area (Å²) in [5.41, 5.74) is 0. The number of rotatable bonds is 32. The summed E-state index contributed by atoms with van der Waals surface area (Å²) in [6.07, 6.45) is 39.8. The molecule has 1 heterocycles. The maximum atomic E-state index is 12.7. The van der Waals surface area contributed by atoms with Gasteiger partial charge in [0.05, 0.1) is 13.2 Å². The first-order chi connectivity index (χ1) is 27.3.